The van der Waals surface area contributed by atoms with Crippen LogP contribution in [-0.4, -0.2) is 0 Å². The van der Waals surface area contributed by atoms with E-state index in [1.807, 2.05) is 6.07 Å². The van der Waals surface area contributed by atoms with E-state index < -0.39 is 0 Å². The van der Waals surface area contributed by atoms with E-state index in [2.05, 4.69) is 54.8 Å². The molecule has 2 aromatic carbocycles. The van der Waals surface area contributed by atoms with E-state index in [4.69, 9.17) is 4.74 Å². The van der Waals surface area contributed by atoms with E-state index in [0.717, 1.165) is 12.2 Å². The number of benzene rings is 2. The molecule has 0 atom stereocenters. The molecule has 0 radical (unpaired) electrons. The Bertz CT molecular complexity index is 684. The van der Waals surface area contributed by atoms with Crippen molar-refractivity contribution in [2.24, 2.45) is 0 Å². The van der Waals surface area contributed by atoms with Gasteiger partial charge in [-0.3, -0.25) is 0 Å². The minimum absolute atomic E-state index is 0.636. The molecule has 0 unspecified atom stereocenters. The van der Waals surface area contributed by atoms with E-state index in [-0.39, 0.29) is 0 Å². The lowest BCUT2D eigenvalue weighted by Crippen LogP contribution is -1.94. The Labute approximate surface area is 117 Å². The highest BCUT2D eigenvalue weighted by molar-refractivity contribution is 7.17. The Kier molecular flexibility index (Phi) is 3.51. The molecule has 0 spiro atoms. The van der Waals surface area contributed by atoms with Crippen LogP contribution in [0.15, 0.2) is 53.9 Å². The van der Waals surface area contributed by atoms with Gasteiger partial charge in [-0.1, -0.05) is 37.3 Å². The number of ether oxygens (including phenoxy) is 1. The smallest absolute Gasteiger partial charge is 0.120 e. The molecule has 3 rings (SSSR count). The summed E-state index contributed by atoms with van der Waals surface area (Å²) in [6.07, 6.45) is 1.04. The Morgan fingerprint density at radius 1 is 1.05 bits per heavy atom. The van der Waals surface area contributed by atoms with Gasteiger partial charge in [0.15, 0.2) is 0 Å². The van der Waals surface area contributed by atoms with Crippen LogP contribution in [0.2, 0.25) is 0 Å². The Hall–Kier alpha value is -1.80. The summed E-state index contributed by atoms with van der Waals surface area (Å²) in [5.41, 5.74) is 2.58. The fraction of sp³-hybridized carbons (Fsp3) is 0.176. The van der Waals surface area contributed by atoms with E-state index in [1.165, 1.54) is 21.2 Å². The second kappa shape index (κ2) is 5.45. The van der Waals surface area contributed by atoms with Crippen LogP contribution < -0.4 is 4.74 Å². The minimum Gasteiger partial charge on any atom is -0.489 e. The molecule has 1 nitrogen and oxygen atoms in total. The van der Waals surface area contributed by atoms with Crippen molar-refractivity contribution in [2.75, 3.05) is 0 Å². The second-order valence-corrected chi connectivity index (χ2v) is 5.46. The van der Waals surface area contributed by atoms with E-state index in [9.17, 15) is 0 Å². The third-order valence-corrected chi connectivity index (χ3v) is 4.27. The van der Waals surface area contributed by atoms with Crippen molar-refractivity contribution in [3.63, 3.8) is 0 Å². The van der Waals surface area contributed by atoms with Gasteiger partial charge in [-0.05, 0) is 40.9 Å². The van der Waals surface area contributed by atoms with E-state index in [0.29, 0.717) is 6.61 Å². The van der Waals surface area contributed by atoms with Gasteiger partial charge in [0.05, 0.1) is 0 Å². The predicted octanol–water partition coefficient (Wildman–Crippen LogP) is 5.04. The Balaban J connectivity index is 1.78. The molecule has 0 saturated heterocycles. The first kappa shape index (κ1) is 12.2. The fourth-order valence-electron chi connectivity index (χ4n) is 2.16. The van der Waals surface area contributed by atoms with Crippen LogP contribution in [-0.2, 0) is 13.0 Å². The molecule has 19 heavy (non-hydrogen) atoms. The highest BCUT2D eigenvalue weighted by Crippen LogP contribution is 2.26. The average molecular weight is 268 g/mol. The van der Waals surface area contributed by atoms with Crippen LogP contribution in [0.3, 0.4) is 0 Å². The summed E-state index contributed by atoms with van der Waals surface area (Å²) in [6.45, 7) is 2.79. The molecule has 0 N–H and O–H groups in total. The lowest BCUT2D eigenvalue weighted by molar-refractivity contribution is 0.308. The summed E-state index contributed by atoms with van der Waals surface area (Å²) in [4.78, 5) is 0. The molecular formula is C17H16OS. The number of hydrogen-bond acceptors (Lipinski definition) is 2. The van der Waals surface area contributed by atoms with Gasteiger partial charge >= 0.3 is 0 Å². The number of hydrogen-bond donors (Lipinski definition) is 0. The summed E-state index contributed by atoms with van der Waals surface area (Å²) >= 11 is 1.78. The van der Waals surface area contributed by atoms with Gasteiger partial charge in [0, 0.05) is 10.3 Å². The van der Waals surface area contributed by atoms with Gasteiger partial charge < -0.3 is 4.74 Å². The third kappa shape index (κ3) is 2.64. The SMILES string of the molecule is CCc1cccc(OCc2csc3ccccc23)c1. The second-order valence-electron chi connectivity index (χ2n) is 4.55. The molecule has 3 aromatic rings. The van der Waals surface area contributed by atoms with Crippen molar-refractivity contribution in [1.29, 1.82) is 0 Å². The zero-order chi connectivity index (χ0) is 13.1. The maximum atomic E-state index is 5.91. The van der Waals surface area contributed by atoms with Crippen molar-refractivity contribution >= 4 is 21.4 Å². The molecule has 0 aliphatic carbocycles. The van der Waals surface area contributed by atoms with Crippen molar-refractivity contribution in [3.8, 4) is 5.75 Å². The molecule has 0 fully saturated rings. The highest BCUT2D eigenvalue weighted by atomic mass is 32.1. The van der Waals surface area contributed by atoms with Crippen LogP contribution in [0.25, 0.3) is 10.1 Å². The van der Waals surface area contributed by atoms with Gasteiger partial charge in [-0.2, -0.15) is 0 Å². The van der Waals surface area contributed by atoms with E-state index in [1.54, 1.807) is 11.3 Å². The Morgan fingerprint density at radius 3 is 2.84 bits per heavy atom. The molecule has 1 heterocycles. The summed E-state index contributed by atoms with van der Waals surface area (Å²) in [5, 5.41) is 3.49. The largest absolute Gasteiger partial charge is 0.489 e. The van der Waals surface area contributed by atoms with Gasteiger partial charge in [0.25, 0.3) is 0 Å². The minimum atomic E-state index is 0.636. The molecule has 1 aromatic heterocycles. The van der Waals surface area contributed by atoms with Crippen LogP contribution in [0.5, 0.6) is 5.75 Å². The molecule has 0 saturated carbocycles. The molecule has 0 amide bonds. The van der Waals surface area contributed by atoms with Crippen LogP contribution in [0, 0.1) is 0 Å². The van der Waals surface area contributed by atoms with Crippen molar-refractivity contribution in [1.82, 2.24) is 0 Å². The first-order valence-electron chi connectivity index (χ1n) is 6.53. The Morgan fingerprint density at radius 2 is 1.95 bits per heavy atom. The van der Waals surface area contributed by atoms with Gasteiger partial charge in [0.1, 0.15) is 12.4 Å². The third-order valence-electron chi connectivity index (χ3n) is 3.26. The van der Waals surface area contributed by atoms with Crippen LogP contribution in [0.1, 0.15) is 18.1 Å². The molecule has 0 bridgehead atoms. The summed E-state index contributed by atoms with van der Waals surface area (Å²) in [6, 6.07) is 16.8. The molecule has 2 heteroatoms. The maximum Gasteiger partial charge on any atom is 0.120 e. The summed E-state index contributed by atoms with van der Waals surface area (Å²) in [5.74, 6) is 0.953. The van der Waals surface area contributed by atoms with Gasteiger partial charge in [0.2, 0.25) is 0 Å². The van der Waals surface area contributed by atoms with Gasteiger partial charge in [-0.15, -0.1) is 11.3 Å². The number of thiophene rings is 1. The molecular weight excluding hydrogens is 252 g/mol. The average Bonchev–Trinajstić information content (AvgIpc) is 2.89. The number of rotatable bonds is 4. The normalized spacial score (nSPS) is 10.8. The first-order chi connectivity index (χ1) is 9.36. The number of fused-ring (bicyclic) bond motifs is 1. The zero-order valence-electron chi connectivity index (χ0n) is 10.9. The summed E-state index contributed by atoms with van der Waals surface area (Å²) in [7, 11) is 0. The van der Waals surface area contributed by atoms with Crippen molar-refractivity contribution < 1.29 is 4.74 Å². The van der Waals surface area contributed by atoms with Crippen LogP contribution >= 0.6 is 11.3 Å². The maximum absolute atomic E-state index is 5.91. The summed E-state index contributed by atoms with van der Waals surface area (Å²) < 4.78 is 7.23. The number of aryl methyl sites for hydroxylation is 1. The van der Waals surface area contributed by atoms with Crippen molar-refractivity contribution in [3.05, 3.63) is 65.0 Å². The van der Waals surface area contributed by atoms with E-state index >= 15 is 0 Å². The lowest BCUT2D eigenvalue weighted by Gasteiger charge is -2.07. The quantitative estimate of drug-likeness (QED) is 0.644. The van der Waals surface area contributed by atoms with Gasteiger partial charge in [-0.25, -0.2) is 0 Å². The topological polar surface area (TPSA) is 9.23 Å². The molecule has 0 aliphatic heterocycles. The first-order valence-corrected chi connectivity index (χ1v) is 7.41. The standard InChI is InChI=1S/C17H16OS/c1-2-13-6-5-7-15(10-13)18-11-14-12-19-17-9-4-3-8-16(14)17/h3-10,12H,2,11H2,1H3. The van der Waals surface area contributed by atoms with Crippen LogP contribution in [0.4, 0.5) is 0 Å². The molecule has 0 aliphatic rings. The zero-order valence-corrected chi connectivity index (χ0v) is 11.7. The molecule has 96 valence electrons. The lowest BCUT2D eigenvalue weighted by atomic mass is 10.1. The van der Waals surface area contributed by atoms with Crippen molar-refractivity contribution in [2.45, 2.75) is 20.0 Å². The predicted molar refractivity (Wildman–Crippen MR) is 82.0 cm³/mol. The highest BCUT2D eigenvalue weighted by Gasteiger charge is 2.04. The fourth-order valence-corrected chi connectivity index (χ4v) is 3.11. The monoisotopic (exact) mass is 268 g/mol.